The molecule has 1 aliphatic rings. The fourth-order valence-electron chi connectivity index (χ4n) is 2.75. The molecule has 1 aliphatic carbocycles. The third-order valence-electron chi connectivity index (χ3n) is 4.04. The molecule has 4 heteroatoms. The fraction of sp³-hybridized carbons (Fsp3) is 0.500. The zero-order valence-corrected chi connectivity index (χ0v) is 12.2. The summed E-state index contributed by atoms with van der Waals surface area (Å²) in [6, 6.07) is 5.42. The molecule has 2 rings (SSSR count). The summed E-state index contributed by atoms with van der Waals surface area (Å²) in [5.41, 5.74) is 2.16. The quantitative estimate of drug-likeness (QED) is 0.890. The largest absolute Gasteiger partial charge is 0.355 e. The number of anilines is 1. The van der Waals surface area contributed by atoms with Crippen LogP contribution in [0.2, 0.25) is 0 Å². The van der Waals surface area contributed by atoms with Gasteiger partial charge in [-0.05, 0) is 37.5 Å². The number of carbonyl (C=O) groups excluding carboxylic acids is 2. The van der Waals surface area contributed by atoms with Crippen LogP contribution in [0.1, 0.15) is 48.0 Å². The van der Waals surface area contributed by atoms with Gasteiger partial charge in [0.05, 0.1) is 0 Å². The third kappa shape index (κ3) is 3.18. The first kappa shape index (κ1) is 14.6. The second-order valence-electron chi connectivity index (χ2n) is 5.38. The van der Waals surface area contributed by atoms with Gasteiger partial charge in [-0.15, -0.1) is 0 Å². The van der Waals surface area contributed by atoms with Gasteiger partial charge in [0.1, 0.15) is 0 Å². The number of nitrogens with one attached hydrogen (secondary N) is 2. The van der Waals surface area contributed by atoms with Crippen LogP contribution in [0.3, 0.4) is 0 Å². The lowest BCUT2D eigenvalue weighted by Crippen LogP contribution is -2.26. The number of hydrogen-bond acceptors (Lipinski definition) is 2. The van der Waals surface area contributed by atoms with E-state index in [-0.39, 0.29) is 17.7 Å². The standard InChI is InChI=1S/C16H22N2O2/c1-11-13(16(20)17-2)9-6-10-14(11)18-15(19)12-7-4-3-5-8-12/h6,9-10,12H,3-5,7-8H2,1-2H3,(H,17,20)(H,18,19). The maximum absolute atomic E-state index is 12.3. The second kappa shape index (κ2) is 6.55. The van der Waals surface area contributed by atoms with E-state index in [1.165, 1.54) is 6.42 Å². The van der Waals surface area contributed by atoms with Crippen LogP contribution in [0.4, 0.5) is 5.69 Å². The van der Waals surface area contributed by atoms with Gasteiger partial charge in [0, 0.05) is 24.2 Å². The van der Waals surface area contributed by atoms with Gasteiger partial charge in [0.15, 0.2) is 0 Å². The Labute approximate surface area is 119 Å². The van der Waals surface area contributed by atoms with E-state index in [1.54, 1.807) is 19.2 Å². The van der Waals surface area contributed by atoms with Crippen molar-refractivity contribution < 1.29 is 9.59 Å². The SMILES string of the molecule is CNC(=O)c1cccc(NC(=O)C2CCCCC2)c1C. The maximum Gasteiger partial charge on any atom is 0.251 e. The van der Waals surface area contributed by atoms with E-state index in [2.05, 4.69) is 10.6 Å². The van der Waals surface area contributed by atoms with Crippen LogP contribution < -0.4 is 10.6 Å². The summed E-state index contributed by atoms with van der Waals surface area (Å²) in [5.74, 6) is 0.0740. The van der Waals surface area contributed by atoms with Crippen molar-refractivity contribution in [2.24, 2.45) is 5.92 Å². The summed E-state index contributed by atoms with van der Waals surface area (Å²) >= 11 is 0. The van der Waals surface area contributed by atoms with E-state index in [4.69, 9.17) is 0 Å². The summed E-state index contributed by atoms with van der Waals surface area (Å²) < 4.78 is 0. The minimum absolute atomic E-state index is 0.0851. The number of amides is 2. The predicted molar refractivity (Wildman–Crippen MR) is 79.8 cm³/mol. The third-order valence-corrected chi connectivity index (χ3v) is 4.04. The van der Waals surface area contributed by atoms with Gasteiger partial charge in [-0.1, -0.05) is 25.3 Å². The van der Waals surface area contributed by atoms with Crippen LogP contribution in [0, 0.1) is 12.8 Å². The molecule has 0 bridgehead atoms. The molecule has 0 saturated heterocycles. The van der Waals surface area contributed by atoms with Crippen molar-refractivity contribution in [2.75, 3.05) is 12.4 Å². The minimum Gasteiger partial charge on any atom is -0.355 e. The Morgan fingerprint density at radius 3 is 2.50 bits per heavy atom. The van der Waals surface area contributed by atoms with E-state index in [9.17, 15) is 9.59 Å². The van der Waals surface area contributed by atoms with Gasteiger partial charge in [0.2, 0.25) is 5.91 Å². The van der Waals surface area contributed by atoms with Crippen molar-refractivity contribution in [1.82, 2.24) is 5.32 Å². The summed E-state index contributed by atoms with van der Waals surface area (Å²) in [6.45, 7) is 1.86. The molecule has 0 radical (unpaired) electrons. The molecule has 4 nitrogen and oxygen atoms in total. The van der Waals surface area contributed by atoms with Crippen LogP contribution >= 0.6 is 0 Å². The lowest BCUT2D eigenvalue weighted by atomic mass is 9.88. The van der Waals surface area contributed by atoms with Gasteiger partial charge < -0.3 is 10.6 Å². The smallest absolute Gasteiger partial charge is 0.251 e. The molecule has 0 unspecified atom stereocenters. The highest BCUT2D eigenvalue weighted by molar-refractivity contribution is 5.99. The van der Waals surface area contributed by atoms with Gasteiger partial charge in [0.25, 0.3) is 5.91 Å². The average Bonchev–Trinajstić information content (AvgIpc) is 2.49. The van der Waals surface area contributed by atoms with Crippen molar-refractivity contribution in [3.8, 4) is 0 Å². The lowest BCUT2D eigenvalue weighted by Gasteiger charge is -2.21. The van der Waals surface area contributed by atoms with E-state index in [0.29, 0.717) is 5.56 Å². The summed E-state index contributed by atoms with van der Waals surface area (Å²) in [4.78, 5) is 24.0. The molecule has 2 amide bonds. The van der Waals surface area contributed by atoms with E-state index in [0.717, 1.165) is 36.9 Å². The van der Waals surface area contributed by atoms with Crippen molar-refractivity contribution in [3.63, 3.8) is 0 Å². The van der Waals surface area contributed by atoms with E-state index in [1.807, 2.05) is 13.0 Å². The highest BCUT2D eigenvalue weighted by Crippen LogP contribution is 2.26. The summed E-state index contributed by atoms with van der Waals surface area (Å²) in [7, 11) is 1.61. The molecule has 0 aromatic heterocycles. The van der Waals surface area contributed by atoms with Crippen LogP contribution in [0.25, 0.3) is 0 Å². The first-order valence-electron chi connectivity index (χ1n) is 7.26. The monoisotopic (exact) mass is 274 g/mol. The normalized spacial score (nSPS) is 15.7. The van der Waals surface area contributed by atoms with Crippen LogP contribution in [0.5, 0.6) is 0 Å². The topological polar surface area (TPSA) is 58.2 Å². The van der Waals surface area contributed by atoms with Crippen LogP contribution in [0.15, 0.2) is 18.2 Å². The Hall–Kier alpha value is -1.84. The van der Waals surface area contributed by atoms with E-state index < -0.39 is 0 Å². The van der Waals surface area contributed by atoms with E-state index >= 15 is 0 Å². The molecule has 0 spiro atoms. The highest BCUT2D eigenvalue weighted by Gasteiger charge is 2.22. The summed E-state index contributed by atoms with van der Waals surface area (Å²) in [5, 5.41) is 5.59. The van der Waals surface area contributed by atoms with Gasteiger partial charge >= 0.3 is 0 Å². The predicted octanol–water partition coefficient (Wildman–Crippen LogP) is 2.87. The Bertz CT molecular complexity index is 505. The van der Waals surface area contributed by atoms with Gasteiger partial charge in [-0.2, -0.15) is 0 Å². The Kier molecular flexibility index (Phi) is 4.77. The molecule has 0 atom stereocenters. The number of rotatable bonds is 3. The molecule has 2 N–H and O–H groups in total. The van der Waals surface area contributed by atoms with Crippen molar-refractivity contribution >= 4 is 17.5 Å². The molecule has 1 fully saturated rings. The van der Waals surface area contributed by atoms with Crippen molar-refractivity contribution in [1.29, 1.82) is 0 Å². The van der Waals surface area contributed by atoms with Crippen molar-refractivity contribution in [3.05, 3.63) is 29.3 Å². The average molecular weight is 274 g/mol. The Morgan fingerprint density at radius 1 is 1.15 bits per heavy atom. The molecule has 1 saturated carbocycles. The Morgan fingerprint density at radius 2 is 1.85 bits per heavy atom. The number of hydrogen-bond donors (Lipinski definition) is 2. The molecule has 1 aromatic carbocycles. The molecule has 1 aromatic rings. The molecular formula is C16H22N2O2. The number of benzene rings is 1. The summed E-state index contributed by atoms with van der Waals surface area (Å²) in [6.07, 6.45) is 5.44. The van der Waals surface area contributed by atoms with Crippen molar-refractivity contribution in [2.45, 2.75) is 39.0 Å². The molecular weight excluding hydrogens is 252 g/mol. The molecule has 108 valence electrons. The lowest BCUT2D eigenvalue weighted by molar-refractivity contribution is -0.120. The van der Waals surface area contributed by atoms with Crippen LogP contribution in [-0.4, -0.2) is 18.9 Å². The second-order valence-corrected chi connectivity index (χ2v) is 5.38. The van der Waals surface area contributed by atoms with Gasteiger partial charge in [-0.25, -0.2) is 0 Å². The molecule has 0 heterocycles. The number of carbonyl (C=O) groups is 2. The molecule has 20 heavy (non-hydrogen) atoms. The minimum atomic E-state index is -0.128. The Balaban J connectivity index is 2.12. The highest BCUT2D eigenvalue weighted by atomic mass is 16.2. The van der Waals surface area contributed by atoms with Gasteiger partial charge in [-0.3, -0.25) is 9.59 Å². The fourth-order valence-corrected chi connectivity index (χ4v) is 2.75. The van der Waals surface area contributed by atoms with Crippen LogP contribution in [-0.2, 0) is 4.79 Å². The molecule has 0 aliphatic heterocycles. The zero-order valence-electron chi connectivity index (χ0n) is 12.2. The maximum atomic E-state index is 12.3. The zero-order chi connectivity index (χ0) is 14.5. The first-order valence-corrected chi connectivity index (χ1v) is 7.26. The first-order chi connectivity index (χ1) is 9.63.